The van der Waals surface area contributed by atoms with Crippen LogP contribution in [0.2, 0.25) is 0 Å². The smallest absolute Gasteiger partial charge is 0.340 e. The number of hydrogen-bond acceptors (Lipinski definition) is 4. The van der Waals surface area contributed by atoms with Gasteiger partial charge < -0.3 is 10.6 Å². The van der Waals surface area contributed by atoms with E-state index >= 15 is 0 Å². The number of nitrogens with one attached hydrogen (secondary N) is 3. The van der Waals surface area contributed by atoms with Gasteiger partial charge in [0.2, 0.25) is 0 Å². The van der Waals surface area contributed by atoms with Crippen molar-refractivity contribution in [3.8, 4) is 0 Å². The maximum Gasteiger partial charge on any atom is 0.416 e. The molecule has 0 unspecified atom stereocenters. The van der Waals surface area contributed by atoms with E-state index in [0.717, 1.165) is 31.4 Å². The first kappa shape index (κ1) is 16.2. The zero-order chi connectivity index (χ0) is 15.4. The Morgan fingerprint density at radius 3 is 2.30 bits per heavy atom. The second-order valence-corrected chi connectivity index (χ2v) is 5.36. The zero-order valence-corrected chi connectivity index (χ0v) is 11.1. The summed E-state index contributed by atoms with van der Waals surface area (Å²) in [5.41, 5.74) is -0.602. The molecule has 0 amide bonds. The molecule has 0 aromatic heterocycles. The van der Waals surface area contributed by atoms with Gasteiger partial charge in [0.05, 0.1) is 12.7 Å². The van der Waals surface area contributed by atoms with Gasteiger partial charge in [0.25, 0.3) is 10.1 Å². The number of alkyl halides is 3. The zero-order valence-electron chi connectivity index (χ0n) is 10.3. The molecule has 1 rings (SSSR count). The van der Waals surface area contributed by atoms with Gasteiger partial charge in [-0.3, -0.25) is 9.59 Å². The van der Waals surface area contributed by atoms with Crippen LogP contribution in [0.3, 0.4) is 0 Å². The van der Waals surface area contributed by atoms with Crippen molar-refractivity contribution in [2.75, 3.05) is 18.3 Å². The molecule has 112 valence electrons. The fourth-order valence-electron chi connectivity index (χ4n) is 1.15. The summed E-state index contributed by atoms with van der Waals surface area (Å²) >= 11 is 0. The molecule has 20 heavy (non-hydrogen) atoms. The van der Waals surface area contributed by atoms with Crippen LogP contribution in [0.1, 0.15) is 5.56 Å². The first-order chi connectivity index (χ1) is 9.14. The Morgan fingerprint density at radius 1 is 1.30 bits per heavy atom. The molecule has 0 atom stereocenters. The molecule has 0 bridgehead atoms. The van der Waals surface area contributed by atoms with Gasteiger partial charge in [-0.05, 0) is 24.3 Å². The second-order valence-electron chi connectivity index (χ2n) is 3.62. The summed E-state index contributed by atoms with van der Waals surface area (Å²) in [7, 11) is -2.80. The molecule has 3 N–H and O–H groups in total. The Balaban J connectivity index is 2.59. The van der Waals surface area contributed by atoms with Crippen LogP contribution >= 0.6 is 0 Å². The van der Waals surface area contributed by atoms with Crippen molar-refractivity contribution in [1.29, 1.82) is 5.41 Å². The van der Waals surface area contributed by atoms with Crippen LogP contribution < -0.4 is 10.6 Å². The normalized spacial score (nSPS) is 12.0. The lowest BCUT2D eigenvalue weighted by Gasteiger charge is -2.11. The molecule has 0 fully saturated rings. The van der Waals surface area contributed by atoms with Crippen molar-refractivity contribution in [1.82, 2.24) is 5.32 Å². The number of guanidine groups is 1. The third kappa shape index (κ3) is 5.05. The molecule has 0 spiro atoms. The van der Waals surface area contributed by atoms with E-state index in [1.165, 1.54) is 0 Å². The van der Waals surface area contributed by atoms with Crippen LogP contribution in [0, 0.1) is 5.41 Å². The summed E-state index contributed by atoms with van der Waals surface area (Å²) in [6, 6.07) is 3.96. The number of benzene rings is 1. The average Bonchev–Trinajstić information content (AvgIpc) is 2.36. The van der Waals surface area contributed by atoms with E-state index in [2.05, 4.69) is 14.8 Å². The van der Waals surface area contributed by atoms with E-state index in [9.17, 15) is 21.6 Å². The summed E-state index contributed by atoms with van der Waals surface area (Å²) in [5, 5.41) is 12.0. The van der Waals surface area contributed by atoms with Crippen molar-refractivity contribution in [3.05, 3.63) is 29.8 Å². The molecule has 1 aromatic carbocycles. The molecule has 0 aliphatic carbocycles. The Bertz CT molecular complexity index is 570. The SMILES string of the molecule is COS(=O)(=O)CNC(=N)Nc1ccc(C(F)(F)F)cc1. The van der Waals surface area contributed by atoms with Crippen molar-refractivity contribution < 1.29 is 25.8 Å². The van der Waals surface area contributed by atoms with E-state index in [1.807, 2.05) is 0 Å². The lowest BCUT2D eigenvalue weighted by molar-refractivity contribution is -0.137. The van der Waals surface area contributed by atoms with Crippen LogP contribution in [0.15, 0.2) is 24.3 Å². The van der Waals surface area contributed by atoms with Gasteiger partial charge in [-0.25, -0.2) is 0 Å². The second kappa shape index (κ2) is 6.09. The number of halogens is 3. The van der Waals surface area contributed by atoms with E-state index in [0.29, 0.717) is 0 Å². The summed E-state index contributed by atoms with van der Waals surface area (Å²) in [6.45, 7) is 0. The van der Waals surface area contributed by atoms with E-state index in [-0.39, 0.29) is 11.6 Å². The molecular weight excluding hydrogens is 299 g/mol. The van der Waals surface area contributed by atoms with Crippen LogP contribution in [0.4, 0.5) is 18.9 Å². The van der Waals surface area contributed by atoms with Gasteiger partial charge in [0, 0.05) is 5.69 Å². The van der Waals surface area contributed by atoms with Crippen LogP contribution in [0.5, 0.6) is 0 Å². The Morgan fingerprint density at radius 2 is 1.85 bits per heavy atom. The molecule has 0 saturated carbocycles. The highest BCUT2D eigenvalue weighted by Crippen LogP contribution is 2.29. The summed E-state index contributed by atoms with van der Waals surface area (Å²) in [4.78, 5) is 0. The van der Waals surface area contributed by atoms with E-state index < -0.39 is 27.7 Å². The summed E-state index contributed by atoms with van der Waals surface area (Å²) < 4.78 is 63.1. The number of hydrogen-bond donors (Lipinski definition) is 3. The Hall–Kier alpha value is -1.81. The predicted octanol–water partition coefficient (Wildman–Crippen LogP) is 1.58. The molecular formula is C10H12F3N3O3S. The molecule has 0 aliphatic rings. The highest BCUT2D eigenvalue weighted by molar-refractivity contribution is 7.86. The van der Waals surface area contributed by atoms with Crippen LogP contribution in [-0.4, -0.2) is 27.4 Å². The fraction of sp³-hybridized carbons (Fsp3) is 0.300. The highest BCUT2D eigenvalue weighted by Gasteiger charge is 2.29. The maximum atomic E-state index is 12.3. The van der Waals surface area contributed by atoms with Gasteiger partial charge in [-0.15, -0.1) is 0 Å². The molecule has 0 heterocycles. The molecule has 0 aliphatic heterocycles. The van der Waals surface area contributed by atoms with Gasteiger partial charge in [0.1, 0.15) is 5.88 Å². The number of anilines is 1. The van der Waals surface area contributed by atoms with Crippen molar-refractivity contribution in [3.63, 3.8) is 0 Å². The minimum atomic E-state index is -4.43. The lowest BCUT2D eigenvalue weighted by atomic mass is 10.2. The summed E-state index contributed by atoms with van der Waals surface area (Å²) in [6.07, 6.45) is -4.43. The third-order valence-electron chi connectivity index (χ3n) is 2.16. The molecule has 0 saturated heterocycles. The Labute approximate surface area is 113 Å². The van der Waals surface area contributed by atoms with Gasteiger partial charge in [-0.2, -0.15) is 21.6 Å². The third-order valence-corrected chi connectivity index (χ3v) is 3.17. The quantitative estimate of drug-likeness (QED) is 0.446. The number of rotatable bonds is 4. The maximum absolute atomic E-state index is 12.3. The van der Waals surface area contributed by atoms with Crippen LogP contribution in [-0.2, 0) is 20.5 Å². The largest absolute Gasteiger partial charge is 0.416 e. The molecule has 1 aromatic rings. The fourth-order valence-corrected chi connectivity index (χ4v) is 1.59. The monoisotopic (exact) mass is 311 g/mol. The lowest BCUT2D eigenvalue weighted by Crippen LogP contribution is -2.34. The first-order valence-corrected chi connectivity index (χ1v) is 6.77. The Kier molecular flexibility index (Phi) is 4.95. The van der Waals surface area contributed by atoms with E-state index in [4.69, 9.17) is 5.41 Å². The standard InChI is InChI=1S/C10H12F3N3O3S/c1-19-20(17,18)6-15-9(14)16-8-4-2-7(3-5-8)10(11,12)13/h2-5H,6H2,1H3,(H3,14,15,16). The van der Waals surface area contributed by atoms with Crippen molar-refractivity contribution in [2.45, 2.75) is 6.18 Å². The average molecular weight is 311 g/mol. The van der Waals surface area contributed by atoms with Crippen molar-refractivity contribution in [2.24, 2.45) is 0 Å². The van der Waals surface area contributed by atoms with Crippen molar-refractivity contribution >= 4 is 21.8 Å². The minimum Gasteiger partial charge on any atom is -0.340 e. The predicted molar refractivity (Wildman–Crippen MR) is 66.7 cm³/mol. The van der Waals surface area contributed by atoms with Gasteiger partial charge in [-0.1, -0.05) is 0 Å². The van der Waals surface area contributed by atoms with E-state index in [1.54, 1.807) is 0 Å². The molecule has 10 heteroatoms. The first-order valence-electron chi connectivity index (χ1n) is 5.19. The topological polar surface area (TPSA) is 91.3 Å². The van der Waals surface area contributed by atoms with Gasteiger partial charge in [0.15, 0.2) is 5.96 Å². The molecule has 0 radical (unpaired) electrons. The summed E-state index contributed by atoms with van der Waals surface area (Å²) in [5.74, 6) is -1.01. The van der Waals surface area contributed by atoms with Gasteiger partial charge >= 0.3 is 6.18 Å². The molecule has 6 nitrogen and oxygen atoms in total. The van der Waals surface area contributed by atoms with Crippen LogP contribution in [0.25, 0.3) is 0 Å². The highest BCUT2D eigenvalue weighted by atomic mass is 32.2. The minimum absolute atomic E-state index is 0.213.